The number of hydrogen-bond donors (Lipinski definition) is 2. The van der Waals surface area contributed by atoms with E-state index in [4.69, 9.17) is 26.2 Å². The third-order valence-electron chi connectivity index (χ3n) is 6.66. The quantitative estimate of drug-likeness (QED) is 0.461. The molecule has 1 saturated carbocycles. The Morgan fingerprint density at radius 3 is 2.70 bits per heavy atom. The van der Waals surface area contributed by atoms with Gasteiger partial charge in [0.05, 0.1) is 6.61 Å². The molecule has 5 rings (SSSR count). The lowest BCUT2D eigenvalue weighted by Crippen LogP contribution is -2.42. The first-order valence-electron chi connectivity index (χ1n) is 11.7. The van der Waals surface area contributed by atoms with Crippen LogP contribution in [0.25, 0.3) is 10.9 Å². The molecular weight excluding hydrogens is 440 g/mol. The molecule has 2 aromatic carbocycles. The van der Waals surface area contributed by atoms with E-state index in [2.05, 4.69) is 4.98 Å². The molecule has 174 valence electrons. The summed E-state index contributed by atoms with van der Waals surface area (Å²) in [6.45, 7) is 1.15. The number of ether oxygens (including phenoxy) is 2. The van der Waals surface area contributed by atoms with E-state index in [-0.39, 0.29) is 24.8 Å². The van der Waals surface area contributed by atoms with Gasteiger partial charge in [0, 0.05) is 41.2 Å². The molecule has 7 heteroatoms. The van der Waals surface area contributed by atoms with Crippen LogP contribution < -0.4 is 4.74 Å². The zero-order valence-corrected chi connectivity index (χ0v) is 19.3. The second-order valence-electron chi connectivity index (χ2n) is 8.84. The molecule has 1 aromatic heterocycles. The van der Waals surface area contributed by atoms with E-state index in [1.807, 2.05) is 47.4 Å². The number of carbonyl (C=O) groups is 1. The summed E-state index contributed by atoms with van der Waals surface area (Å²) in [6.07, 6.45) is 5.22. The fraction of sp³-hybridized carbons (Fsp3) is 0.423. The fourth-order valence-electron chi connectivity index (χ4n) is 5.02. The van der Waals surface area contributed by atoms with Crippen molar-refractivity contribution in [2.24, 2.45) is 0 Å². The number of halogens is 1. The SMILES string of the molecule is O=C(OC1CCCC1)N1CCc2c([nH]c3ccc(Cl)cc23)C1c1ccc(OCCCO)cc1. The van der Waals surface area contributed by atoms with Gasteiger partial charge in [0.15, 0.2) is 0 Å². The van der Waals surface area contributed by atoms with Gasteiger partial charge in [-0.3, -0.25) is 4.90 Å². The number of aliphatic hydroxyl groups is 1. The highest BCUT2D eigenvalue weighted by atomic mass is 35.5. The zero-order valence-electron chi connectivity index (χ0n) is 18.6. The second-order valence-corrected chi connectivity index (χ2v) is 9.27. The number of carbonyl (C=O) groups excluding carboxylic acids is 1. The van der Waals surface area contributed by atoms with Crippen LogP contribution in [0.1, 0.15) is 55.0 Å². The predicted molar refractivity (Wildman–Crippen MR) is 128 cm³/mol. The lowest BCUT2D eigenvalue weighted by Gasteiger charge is -2.36. The van der Waals surface area contributed by atoms with Gasteiger partial charge in [-0.15, -0.1) is 0 Å². The molecule has 0 radical (unpaired) electrons. The van der Waals surface area contributed by atoms with Gasteiger partial charge >= 0.3 is 6.09 Å². The molecule has 0 saturated heterocycles. The van der Waals surface area contributed by atoms with E-state index < -0.39 is 0 Å². The number of aromatic nitrogens is 1. The summed E-state index contributed by atoms with van der Waals surface area (Å²) < 4.78 is 11.6. The molecule has 6 nitrogen and oxygen atoms in total. The van der Waals surface area contributed by atoms with Crippen LogP contribution >= 0.6 is 11.6 Å². The van der Waals surface area contributed by atoms with Crippen LogP contribution in [0.2, 0.25) is 5.02 Å². The summed E-state index contributed by atoms with van der Waals surface area (Å²) in [4.78, 5) is 18.7. The van der Waals surface area contributed by atoms with E-state index >= 15 is 0 Å². The molecule has 0 bridgehead atoms. The minimum atomic E-state index is -0.277. The molecule has 1 atom stereocenters. The number of rotatable bonds is 6. The Morgan fingerprint density at radius 2 is 1.94 bits per heavy atom. The van der Waals surface area contributed by atoms with Crippen LogP contribution in [0.4, 0.5) is 4.79 Å². The van der Waals surface area contributed by atoms with Crippen molar-refractivity contribution in [2.75, 3.05) is 19.8 Å². The van der Waals surface area contributed by atoms with Crippen LogP contribution in [0.15, 0.2) is 42.5 Å². The lowest BCUT2D eigenvalue weighted by molar-refractivity contribution is 0.0551. The van der Waals surface area contributed by atoms with E-state index in [0.717, 1.165) is 60.0 Å². The molecule has 1 fully saturated rings. The first kappa shape index (κ1) is 22.1. The van der Waals surface area contributed by atoms with Crippen LogP contribution in [-0.2, 0) is 11.2 Å². The maximum Gasteiger partial charge on any atom is 0.410 e. The number of amides is 1. The van der Waals surface area contributed by atoms with Gasteiger partial charge in [-0.25, -0.2) is 4.79 Å². The molecule has 1 unspecified atom stereocenters. The van der Waals surface area contributed by atoms with Crippen molar-refractivity contribution in [1.82, 2.24) is 9.88 Å². The number of aromatic amines is 1. The molecule has 2 aliphatic rings. The molecule has 3 aromatic rings. The number of benzene rings is 2. The smallest absolute Gasteiger partial charge is 0.410 e. The van der Waals surface area contributed by atoms with Crippen molar-refractivity contribution >= 4 is 28.6 Å². The predicted octanol–water partition coefficient (Wildman–Crippen LogP) is 5.61. The summed E-state index contributed by atoms with van der Waals surface area (Å²) in [5.74, 6) is 0.742. The molecule has 2 heterocycles. The monoisotopic (exact) mass is 468 g/mol. The number of H-pyrrole nitrogens is 1. The van der Waals surface area contributed by atoms with Crippen molar-refractivity contribution in [3.63, 3.8) is 0 Å². The Balaban J connectivity index is 1.49. The third kappa shape index (κ3) is 4.55. The van der Waals surface area contributed by atoms with E-state index in [1.165, 1.54) is 5.56 Å². The molecule has 2 N–H and O–H groups in total. The third-order valence-corrected chi connectivity index (χ3v) is 6.90. The highest BCUT2D eigenvalue weighted by Gasteiger charge is 2.36. The lowest BCUT2D eigenvalue weighted by atomic mass is 9.92. The summed E-state index contributed by atoms with van der Waals surface area (Å²) in [5.41, 5.74) is 4.22. The maximum atomic E-state index is 13.3. The van der Waals surface area contributed by atoms with Crippen LogP contribution in [-0.4, -0.2) is 46.9 Å². The van der Waals surface area contributed by atoms with Gasteiger partial charge in [0.1, 0.15) is 17.9 Å². The number of nitrogens with one attached hydrogen (secondary N) is 1. The Bertz CT molecular complexity index is 1120. The molecular formula is C26H29ClN2O4. The van der Waals surface area contributed by atoms with Crippen molar-refractivity contribution in [2.45, 2.75) is 50.7 Å². The van der Waals surface area contributed by atoms with Crippen LogP contribution in [0.3, 0.4) is 0 Å². The Labute approximate surface area is 198 Å². The van der Waals surface area contributed by atoms with E-state index in [0.29, 0.717) is 24.6 Å². The normalized spacial score (nSPS) is 18.5. The molecule has 1 amide bonds. The summed E-state index contributed by atoms with van der Waals surface area (Å²) in [6, 6.07) is 13.4. The molecule has 1 aliphatic heterocycles. The van der Waals surface area contributed by atoms with Gasteiger partial charge in [-0.05, 0) is 73.6 Å². The van der Waals surface area contributed by atoms with E-state index in [1.54, 1.807) is 0 Å². The Kier molecular flexibility index (Phi) is 6.47. The minimum absolute atomic E-state index is 0.0170. The standard InChI is InChI=1S/C26H29ClN2O4/c27-18-8-11-23-22(16-18)21-12-13-29(26(31)33-20-4-1-2-5-20)25(24(21)28-23)17-6-9-19(10-7-17)32-15-3-14-30/h6-11,16,20,25,28,30H,1-5,12-15H2. The van der Waals surface area contributed by atoms with Crippen molar-refractivity contribution in [3.8, 4) is 5.75 Å². The average Bonchev–Trinajstić information content (AvgIpc) is 3.46. The van der Waals surface area contributed by atoms with E-state index in [9.17, 15) is 4.79 Å². The number of hydrogen-bond acceptors (Lipinski definition) is 4. The summed E-state index contributed by atoms with van der Waals surface area (Å²) in [7, 11) is 0. The fourth-order valence-corrected chi connectivity index (χ4v) is 5.19. The molecule has 0 spiro atoms. The van der Waals surface area contributed by atoms with Gasteiger partial charge in [0.2, 0.25) is 0 Å². The number of fused-ring (bicyclic) bond motifs is 3. The zero-order chi connectivity index (χ0) is 22.8. The van der Waals surface area contributed by atoms with Gasteiger partial charge in [-0.2, -0.15) is 0 Å². The van der Waals surface area contributed by atoms with Gasteiger partial charge in [0.25, 0.3) is 0 Å². The van der Waals surface area contributed by atoms with Crippen molar-refractivity contribution in [1.29, 1.82) is 0 Å². The highest BCUT2D eigenvalue weighted by Crippen LogP contribution is 2.40. The maximum absolute atomic E-state index is 13.3. The Morgan fingerprint density at radius 1 is 1.15 bits per heavy atom. The average molecular weight is 469 g/mol. The van der Waals surface area contributed by atoms with Gasteiger partial charge in [-0.1, -0.05) is 23.7 Å². The highest BCUT2D eigenvalue weighted by molar-refractivity contribution is 6.31. The largest absolute Gasteiger partial charge is 0.494 e. The first-order valence-corrected chi connectivity index (χ1v) is 12.1. The molecule has 33 heavy (non-hydrogen) atoms. The second kappa shape index (κ2) is 9.65. The van der Waals surface area contributed by atoms with Crippen molar-refractivity contribution < 1.29 is 19.4 Å². The molecule has 1 aliphatic carbocycles. The Hall–Kier alpha value is -2.70. The van der Waals surface area contributed by atoms with Gasteiger partial charge < -0.3 is 19.6 Å². The van der Waals surface area contributed by atoms with Crippen LogP contribution in [0.5, 0.6) is 5.75 Å². The summed E-state index contributed by atoms with van der Waals surface area (Å²) >= 11 is 6.29. The number of aliphatic hydroxyl groups excluding tert-OH is 1. The topological polar surface area (TPSA) is 74.8 Å². The van der Waals surface area contributed by atoms with Crippen LogP contribution in [0, 0.1) is 0 Å². The van der Waals surface area contributed by atoms with Crippen molar-refractivity contribution in [3.05, 3.63) is 64.3 Å². The first-order chi connectivity index (χ1) is 16.1. The summed E-state index contributed by atoms with van der Waals surface area (Å²) in [5, 5.41) is 10.8. The number of nitrogens with zero attached hydrogens (tertiary/aromatic N) is 1. The minimum Gasteiger partial charge on any atom is -0.494 e.